The van der Waals surface area contributed by atoms with Gasteiger partial charge in [-0.1, -0.05) is 56.3 Å². The van der Waals surface area contributed by atoms with Gasteiger partial charge in [0.1, 0.15) is 0 Å². The number of guanidine groups is 1. The third-order valence-electron chi connectivity index (χ3n) is 4.14. The average molecular weight is 325 g/mol. The lowest BCUT2D eigenvalue weighted by Gasteiger charge is -2.14. The van der Waals surface area contributed by atoms with E-state index < -0.39 is 0 Å². The minimum atomic E-state index is 0.0753. The van der Waals surface area contributed by atoms with Crippen LogP contribution >= 0.6 is 0 Å². The van der Waals surface area contributed by atoms with Crippen molar-refractivity contribution in [3.05, 3.63) is 64.7 Å². The van der Waals surface area contributed by atoms with Gasteiger partial charge in [0.25, 0.3) is 0 Å². The molecule has 4 nitrogen and oxygen atoms in total. The van der Waals surface area contributed by atoms with Gasteiger partial charge in [0, 0.05) is 12.2 Å². The quantitative estimate of drug-likeness (QED) is 0.540. The summed E-state index contributed by atoms with van der Waals surface area (Å²) in [6.07, 6.45) is 2.74. The maximum absolute atomic E-state index is 9.06. The molecule has 0 saturated carbocycles. The average Bonchev–Trinajstić information content (AvgIpc) is 2.62. The fourth-order valence-electron chi connectivity index (χ4n) is 2.69. The molecule has 4 heteroatoms. The van der Waals surface area contributed by atoms with Crippen LogP contribution in [0, 0.1) is 0 Å². The van der Waals surface area contributed by atoms with E-state index in [0.717, 1.165) is 30.5 Å². The molecule has 24 heavy (non-hydrogen) atoms. The Hall–Kier alpha value is -2.33. The number of aliphatic imine (C=N–C) groups is 1. The number of anilines is 1. The summed E-state index contributed by atoms with van der Waals surface area (Å²) in [6.45, 7) is 4.99. The smallest absolute Gasteiger partial charge is 0.193 e. The molecule has 2 aromatic rings. The molecule has 0 aliphatic carbocycles. The summed E-state index contributed by atoms with van der Waals surface area (Å²) in [5.74, 6) is 0.456. The van der Waals surface area contributed by atoms with Crippen LogP contribution in [0.4, 0.5) is 5.69 Å². The number of hydrogen-bond donors (Lipinski definition) is 3. The number of nitrogens with two attached hydrogens (primary N) is 1. The van der Waals surface area contributed by atoms with Crippen molar-refractivity contribution in [1.29, 1.82) is 0 Å². The maximum Gasteiger partial charge on any atom is 0.193 e. The van der Waals surface area contributed by atoms with Crippen molar-refractivity contribution in [2.75, 3.05) is 11.9 Å². The number of aryl methyl sites for hydroxylation is 2. The van der Waals surface area contributed by atoms with Crippen LogP contribution in [0.2, 0.25) is 0 Å². The minimum Gasteiger partial charge on any atom is -0.392 e. The zero-order valence-electron chi connectivity index (χ0n) is 14.5. The van der Waals surface area contributed by atoms with E-state index in [1.807, 2.05) is 24.3 Å². The number of nitrogens with zero attached hydrogens (tertiary/aromatic N) is 1. The van der Waals surface area contributed by atoms with Gasteiger partial charge in [-0.25, -0.2) is 0 Å². The van der Waals surface area contributed by atoms with Crippen molar-refractivity contribution in [2.45, 2.75) is 39.7 Å². The number of aliphatic hydroxyl groups excluding tert-OH is 1. The van der Waals surface area contributed by atoms with Crippen LogP contribution in [0.3, 0.4) is 0 Å². The van der Waals surface area contributed by atoms with Gasteiger partial charge in [0.15, 0.2) is 5.96 Å². The zero-order chi connectivity index (χ0) is 17.4. The van der Waals surface area contributed by atoms with Crippen molar-refractivity contribution >= 4 is 11.6 Å². The van der Waals surface area contributed by atoms with Crippen molar-refractivity contribution in [1.82, 2.24) is 0 Å². The lowest BCUT2D eigenvalue weighted by Crippen LogP contribution is -2.24. The third kappa shape index (κ3) is 4.83. The first-order valence-corrected chi connectivity index (χ1v) is 8.54. The van der Waals surface area contributed by atoms with E-state index in [4.69, 9.17) is 10.8 Å². The second-order valence-electron chi connectivity index (χ2n) is 5.77. The Balaban J connectivity index is 1.99. The summed E-state index contributed by atoms with van der Waals surface area (Å²) in [7, 11) is 0. The van der Waals surface area contributed by atoms with E-state index >= 15 is 0 Å². The Morgan fingerprint density at radius 3 is 2.12 bits per heavy atom. The van der Waals surface area contributed by atoms with E-state index in [1.54, 1.807) is 0 Å². The molecule has 2 rings (SSSR count). The highest BCUT2D eigenvalue weighted by molar-refractivity contribution is 5.93. The van der Waals surface area contributed by atoms with Gasteiger partial charge < -0.3 is 16.2 Å². The van der Waals surface area contributed by atoms with E-state index in [1.165, 1.54) is 16.7 Å². The Morgan fingerprint density at radius 1 is 1.00 bits per heavy atom. The Morgan fingerprint density at radius 2 is 1.58 bits per heavy atom. The lowest BCUT2D eigenvalue weighted by atomic mass is 10.0. The van der Waals surface area contributed by atoms with Crippen molar-refractivity contribution in [3.63, 3.8) is 0 Å². The highest BCUT2D eigenvalue weighted by atomic mass is 16.3. The number of hydrogen-bond acceptors (Lipinski definition) is 2. The van der Waals surface area contributed by atoms with Crippen LogP contribution in [0.5, 0.6) is 0 Å². The van der Waals surface area contributed by atoms with Crippen LogP contribution in [-0.4, -0.2) is 17.6 Å². The molecule has 4 N–H and O–H groups in total. The van der Waals surface area contributed by atoms with Crippen LogP contribution < -0.4 is 11.1 Å². The lowest BCUT2D eigenvalue weighted by molar-refractivity contribution is 0.282. The molecule has 0 unspecified atom stereocenters. The molecule has 128 valence electrons. The molecule has 0 atom stereocenters. The van der Waals surface area contributed by atoms with Gasteiger partial charge in [-0.05, 0) is 41.5 Å². The Labute approximate surface area is 144 Å². The third-order valence-corrected chi connectivity index (χ3v) is 4.14. The van der Waals surface area contributed by atoms with E-state index in [2.05, 4.69) is 42.4 Å². The molecular weight excluding hydrogens is 298 g/mol. The van der Waals surface area contributed by atoms with Gasteiger partial charge in [-0.15, -0.1) is 0 Å². The summed E-state index contributed by atoms with van der Waals surface area (Å²) in [5.41, 5.74) is 11.8. The van der Waals surface area contributed by atoms with Gasteiger partial charge in [-0.3, -0.25) is 4.99 Å². The number of benzene rings is 2. The summed E-state index contributed by atoms with van der Waals surface area (Å²) < 4.78 is 0. The number of rotatable bonds is 7. The molecule has 0 radical (unpaired) electrons. The molecule has 0 amide bonds. The fraction of sp³-hybridized carbons (Fsp3) is 0.350. The van der Waals surface area contributed by atoms with Crippen molar-refractivity contribution < 1.29 is 5.11 Å². The van der Waals surface area contributed by atoms with Gasteiger partial charge in [0.05, 0.1) is 6.61 Å². The normalized spacial score (nSPS) is 11.5. The predicted molar refractivity (Wildman–Crippen MR) is 101 cm³/mol. The van der Waals surface area contributed by atoms with Gasteiger partial charge >= 0.3 is 0 Å². The second-order valence-corrected chi connectivity index (χ2v) is 5.77. The molecule has 0 aliphatic rings. The van der Waals surface area contributed by atoms with Crippen molar-refractivity contribution in [2.24, 2.45) is 10.7 Å². The SMILES string of the molecule is CCc1cccc(CC)c1NC(N)=NCCc1ccc(CO)cc1. The Kier molecular flexibility index (Phi) is 6.82. The van der Waals surface area contributed by atoms with Crippen LogP contribution in [0.1, 0.15) is 36.1 Å². The predicted octanol–water partition coefficient (Wildman–Crippen LogP) is 3.27. The highest BCUT2D eigenvalue weighted by Gasteiger charge is 2.06. The summed E-state index contributed by atoms with van der Waals surface area (Å²) in [4.78, 5) is 4.44. The van der Waals surface area contributed by atoms with Crippen LogP contribution in [-0.2, 0) is 25.9 Å². The van der Waals surface area contributed by atoms with Crippen molar-refractivity contribution in [3.8, 4) is 0 Å². The number of aliphatic hydroxyl groups is 1. The van der Waals surface area contributed by atoms with Crippen LogP contribution in [0.25, 0.3) is 0 Å². The molecular formula is C20H27N3O. The first-order chi connectivity index (χ1) is 11.7. The van der Waals surface area contributed by atoms with E-state index in [0.29, 0.717) is 12.5 Å². The molecule has 0 spiro atoms. The standard InChI is InChI=1S/C20H27N3O/c1-3-17-6-5-7-18(4-2)19(17)23-20(21)22-13-12-15-8-10-16(14-24)11-9-15/h5-11,24H,3-4,12-14H2,1-2H3,(H3,21,22,23). The van der Waals surface area contributed by atoms with Crippen LogP contribution in [0.15, 0.2) is 47.5 Å². The molecule has 0 aliphatic heterocycles. The molecule has 0 bridgehead atoms. The second kappa shape index (κ2) is 9.08. The first-order valence-electron chi connectivity index (χ1n) is 8.54. The van der Waals surface area contributed by atoms with E-state index in [9.17, 15) is 0 Å². The topological polar surface area (TPSA) is 70.6 Å². The Bertz CT molecular complexity index is 656. The van der Waals surface area contributed by atoms with E-state index in [-0.39, 0.29) is 6.61 Å². The number of para-hydroxylation sites is 1. The number of nitrogens with one attached hydrogen (secondary N) is 1. The monoisotopic (exact) mass is 325 g/mol. The summed E-state index contributed by atoms with van der Waals surface area (Å²) in [6, 6.07) is 14.2. The molecule has 2 aromatic carbocycles. The fourth-order valence-corrected chi connectivity index (χ4v) is 2.69. The molecule has 0 heterocycles. The maximum atomic E-state index is 9.06. The summed E-state index contributed by atoms with van der Waals surface area (Å²) in [5, 5.41) is 12.3. The molecule has 0 aromatic heterocycles. The molecule has 0 saturated heterocycles. The first kappa shape index (κ1) is 18.0. The van der Waals surface area contributed by atoms with Gasteiger partial charge in [0.2, 0.25) is 0 Å². The largest absolute Gasteiger partial charge is 0.392 e. The summed E-state index contributed by atoms with van der Waals surface area (Å²) >= 11 is 0. The minimum absolute atomic E-state index is 0.0753. The zero-order valence-corrected chi connectivity index (χ0v) is 14.5. The molecule has 0 fully saturated rings. The highest BCUT2D eigenvalue weighted by Crippen LogP contribution is 2.22. The van der Waals surface area contributed by atoms with Gasteiger partial charge in [-0.2, -0.15) is 0 Å².